The van der Waals surface area contributed by atoms with Gasteiger partial charge in [0.25, 0.3) is 0 Å². The molecule has 0 atom stereocenters. The molecule has 0 saturated heterocycles. The Bertz CT molecular complexity index is 415. The zero-order valence-electron chi connectivity index (χ0n) is 22.9. The summed E-state index contributed by atoms with van der Waals surface area (Å²) >= 11 is 0. The third kappa shape index (κ3) is 29.3. The third-order valence-electron chi connectivity index (χ3n) is 7.04. The van der Waals surface area contributed by atoms with Crippen LogP contribution in [0.5, 0.6) is 0 Å². The van der Waals surface area contributed by atoms with Crippen LogP contribution in [0, 0.1) is 0 Å². The summed E-state index contributed by atoms with van der Waals surface area (Å²) in [5.41, 5.74) is 0. The normalized spacial score (nSPS) is 11.2. The molecule has 0 saturated carbocycles. The largest absolute Gasteiger partial charge is 0.300 e. The van der Waals surface area contributed by atoms with Crippen molar-refractivity contribution in [3.8, 4) is 0 Å². The van der Waals surface area contributed by atoms with Crippen LogP contribution in [0.3, 0.4) is 0 Å². The van der Waals surface area contributed by atoms with Gasteiger partial charge in [-0.25, -0.2) is 0 Å². The van der Waals surface area contributed by atoms with Gasteiger partial charge in [-0.15, -0.1) is 0 Å². The maximum Gasteiger partial charge on any atom is 0.132 e. The predicted molar refractivity (Wildman–Crippen MR) is 146 cm³/mol. The first-order valence-corrected chi connectivity index (χ1v) is 15.2. The predicted octanol–water partition coefficient (Wildman–Crippen LogP) is 10.7. The van der Waals surface area contributed by atoms with Crippen LogP contribution in [0.2, 0.25) is 0 Å². The molecule has 0 aromatic rings. The Morgan fingerprint density at radius 2 is 0.606 bits per heavy atom. The lowest BCUT2D eigenvalue weighted by Gasteiger charge is -2.04. The van der Waals surface area contributed by atoms with E-state index in [0.717, 1.165) is 38.5 Å². The van der Waals surface area contributed by atoms with Crippen molar-refractivity contribution in [1.82, 2.24) is 0 Å². The molecular weight excluding hydrogens is 404 g/mol. The van der Waals surface area contributed by atoms with Crippen molar-refractivity contribution in [2.45, 2.75) is 187 Å². The van der Waals surface area contributed by atoms with Crippen LogP contribution in [-0.2, 0) is 9.59 Å². The zero-order valence-corrected chi connectivity index (χ0v) is 22.9. The van der Waals surface area contributed by atoms with Crippen LogP contribution in [0.15, 0.2) is 0 Å². The smallest absolute Gasteiger partial charge is 0.132 e. The number of unbranched alkanes of at least 4 members (excludes halogenated alkanes) is 22. The molecule has 2 heteroatoms. The summed E-state index contributed by atoms with van der Waals surface area (Å²) in [4.78, 5) is 22.9. The van der Waals surface area contributed by atoms with E-state index in [1.165, 1.54) is 135 Å². The van der Waals surface area contributed by atoms with Crippen LogP contribution < -0.4 is 0 Å². The van der Waals surface area contributed by atoms with Crippen molar-refractivity contribution in [3.05, 3.63) is 0 Å². The highest BCUT2D eigenvalue weighted by atomic mass is 16.1. The van der Waals surface area contributed by atoms with E-state index >= 15 is 0 Å². The molecule has 2 nitrogen and oxygen atoms in total. The lowest BCUT2D eigenvalue weighted by atomic mass is 10.0. The van der Waals surface area contributed by atoms with Gasteiger partial charge in [0.1, 0.15) is 11.6 Å². The molecule has 0 bridgehead atoms. The topological polar surface area (TPSA) is 34.1 Å². The first-order chi connectivity index (χ1) is 16.2. The second-order valence-corrected chi connectivity index (χ2v) is 10.6. The summed E-state index contributed by atoms with van der Waals surface area (Å²) < 4.78 is 0. The van der Waals surface area contributed by atoms with E-state index < -0.39 is 0 Å². The molecule has 0 heterocycles. The Kier molecular flexibility index (Phi) is 27.0. The molecular formula is C31H60O2. The molecule has 0 rings (SSSR count). The quantitative estimate of drug-likeness (QED) is 0.108. The van der Waals surface area contributed by atoms with Gasteiger partial charge in [0, 0.05) is 19.3 Å². The molecule has 196 valence electrons. The molecule has 0 unspecified atom stereocenters. The maximum absolute atomic E-state index is 12.0. The van der Waals surface area contributed by atoms with Crippen molar-refractivity contribution < 1.29 is 9.59 Å². The van der Waals surface area contributed by atoms with Gasteiger partial charge in [0.05, 0.1) is 0 Å². The highest BCUT2D eigenvalue weighted by Gasteiger charge is 2.02. The monoisotopic (exact) mass is 464 g/mol. The minimum atomic E-state index is 0.334. The van der Waals surface area contributed by atoms with E-state index in [1.807, 2.05) is 0 Å². The third-order valence-corrected chi connectivity index (χ3v) is 7.04. The van der Waals surface area contributed by atoms with Crippen molar-refractivity contribution in [2.75, 3.05) is 0 Å². The molecule has 0 amide bonds. The minimum absolute atomic E-state index is 0.334. The standard InChI is InChI=1S/C31H60O2/c1-3-4-5-6-7-8-12-16-19-22-25-28-31(33)29-26-23-20-17-14-11-9-10-13-15-18-21-24-27-30(2)32/h3-29H2,1-2H3. The lowest BCUT2D eigenvalue weighted by Crippen LogP contribution is -1.97. The fourth-order valence-corrected chi connectivity index (χ4v) is 4.75. The van der Waals surface area contributed by atoms with Crippen molar-refractivity contribution in [2.24, 2.45) is 0 Å². The zero-order chi connectivity index (χ0) is 24.2. The van der Waals surface area contributed by atoms with Gasteiger partial charge in [0.15, 0.2) is 0 Å². The Morgan fingerprint density at radius 1 is 0.364 bits per heavy atom. The van der Waals surface area contributed by atoms with Gasteiger partial charge in [0.2, 0.25) is 0 Å². The number of ketones is 2. The second-order valence-electron chi connectivity index (χ2n) is 10.6. The molecule has 0 spiro atoms. The maximum atomic E-state index is 12.0. The number of carbonyl (C=O) groups is 2. The fraction of sp³-hybridized carbons (Fsp3) is 0.935. The van der Waals surface area contributed by atoms with Gasteiger partial charge in [-0.2, -0.15) is 0 Å². The molecule has 0 aliphatic rings. The number of Topliss-reactive ketones (excluding diaryl/α,β-unsaturated/α-hetero) is 2. The van der Waals surface area contributed by atoms with Crippen LogP contribution >= 0.6 is 0 Å². The fourth-order valence-electron chi connectivity index (χ4n) is 4.75. The van der Waals surface area contributed by atoms with E-state index in [0.29, 0.717) is 11.6 Å². The molecule has 0 aromatic heterocycles. The van der Waals surface area contributed by atoms with E-state index in [9.17, 15) is 9.59 Å². The second kappa shape index (κ2) is 27.6. The summed E-state index contributed by atoms with van der Waals surface area (Å²) in [6.45, 7) is 3.97. The number of hydrogen-bond acceptors (Lipinski definition) is 2. The summed E-state index contributed by atoms with van der Waals surface area (Å²) in [7, 11) is 0. The molecule has 0 aromatic carbocycles. The molecule has 0 N–H and O–H groups in total. The highest BCUT2D eigenvalue weighted by molar-refractivity contribution is 5.78. The lowest BCUT2D eigenvalue weighted by molar-refractivity contribution is -0.119. The summed E-state index contributed by atoms with van der Waals surface area (Å²) in [5, 5.41) is 0. The average molecular weight is 465 g/mol. The van der Waals surface area contributed by atoms with Gasteiger partial charge in [-0.1, -0.05) is 142 Å². The first kappa shape index (κ1) is 32.3. The Balaban J connectivity index is 3.15. The van der Waals surface area contributed by atoms with E-state index in [2.05, 4.69) is 6.92 Å². The summed E-state index contributed by atoms with van der Waals surface area (Å²) in [6, 6.07) is 0. The summed E-state index contributed by atoms with van der Waals surface area (Å²) in [6.07, 6.45) is 34.1. The number of rotatable bonds is 28. The van der Waals surface area contributed by atoms with Gasteiger partial charge >= 0.3 is 0 Å². The van der Waals surface area contributed by atoms with E-state index in [4.69, 9.17) is 0 Å². The van der Waals surface area contributed by atoms with Gasteiger partial charge in [-0.05, 0) is 26.2 Å². The van der Waals surface area contributed by atoms with Gasteiger partial charge in [-0.3, -0.25) is 4.79 Å². The number of carbonyl (C=O) groups excluding carboxylic acids is 2. The Hall–Kier alpha value is -0.660. The SMILES string of the molecule is CCCCCCCCCCCCCC(=O)CCCCCCCCCCCCCCCC(C)=O. The van der Waals surface area contributed by atoms with Crippen LogP contribution in [0.4, 0.5) is 0 Å². The number of hydrogen-bond donors (Lipinski definition) is 0. The van der Waals surface area contributed by atoms with Crippen LogP contribution in [0.25, 0.3) is 0 Å². The average Bonchev–Trinajstić information content (AvgIpc) is 2.79. The van der Waals surface area contributed by atoms with Gasteiger partial charge < -0.3 is 4.79 Å². The van der Waals surface area contributed by atoms with Crippen LogP contribution in [-0.4, -0.2) is 11.6 Å². The van der Waals surface area contributed by atoms with E-state index in [1.54, 1.807) is 6.92 Å². The Labute approximate surface area is 208 Å². The highest BCUT2D eigenvalue weighted by Crippen LogP contribution is 2.15. The van der Waals surface area contributed by atoms with Crippen molar-refractivity contribution in [1.29, 1.82) is 0 Å². The Morgan fingerprint density at radius 3 is 0.879 bits per heavy atom. The molecule has 0 aliphatic carbocycles. The molecule has 33 heavy (non-hydrogen) atoms. The molecule has 0 radical (unpaired) electrons. The van der Waals surface area contributed by atoms with Crippen molar-refractivity contribution in [3.63, 3.8) is 0 Å². The minimum Gasteiger partial charge on any atom is -0.300 e. The summed E-state index contributed by atoms with van der Waals surface area (Å²) in [5.74, 6) is 0.841. The molecule has 0 fully saturated rings. The van der Waals surface area contributed by atoms with Crippen molar-refractivity contribution >= 4 is 11.6 Å². The van der Waals surface area contributed by atoms with Crippen LogP contribution in [0.1, 0.15) is 187 Å². The molecule has 0 aliphatic heterocycles. The van der Waals surface area contributed by atoms with E-state index in [-0.39, 0.29) is 0 Å². The first-order valence-electron chi connectivity index (χ1n) is 15.2.